The number of hydrogen-bond acceptors (Lipinski definition) is 3. The van der Waals surface area contributed by atoms with Gasteiger partial charge in [0.05, 0.1) is 12.9 Å². The predicted octanol–water partition coefficient (Wildman–Crippen LogP) is 4.44. The van der Waals surface area contributed by atoms with Crippen molar-refractivity contribution in [3.8, 4) is 0 Å². The molecule has 0 atom stereocenters. The summed E-state index contributed by atoms with van der Waals surface area (Å²) in [6.07, 6.45) is 17.6. The molecular weight excluding hydrogens is 260 g/mol. The van der Waals surface area contributed by atoms with E-state index >= 15 is 0 Å². The highest BCUT2D eigenvalue weighted by molar-refractivity contribution is 7.85. The van der Waals surface area contributed by atoms with Gasteiger partial charge in [0.25, 0.3) is 10.1 Å². The second kappa shape index (κ2) is 12.7. The zero-order chi connectivity index (χ0) is 14.4. The van der Waals surface area contributed by atoms with Gasteiger partial charge in [0.15, 0.2) is 0 Å². The van der Waals surface area contributed by atoms with Gasteiger partial charge in [-0.3, -0.25) is 4.18 Å². The van der Waals surface area contributed by atoms with Crippen LogP contribution in [0, 0.1) is 0 Å². The summed E-state index contributed by atoms with van der Waals surface area (Å²) in [6, 6.07) is 0. The second-order valence-corrected chi connectivity index (χ2v) is 6.67. The van der Waals surface area contributed by atoms with Crippen molar-refractivity contribution >= 4 is 10.1 Å². The number of unbranched alkanes of at least 4 members (excludes halogenated alkanes) is 8. The predicted molar refractivity (Wildman–Crippen MR) is 81.8 cm³/mol. The molecule has 0 spiro atoms. The first kappa shape index (κ1) is 18.7. The highest BCUT2D eigenvalue weighted by Crippen LogP contribution is 2.10. The first-order valence-corrected chi connectivity index (χ1v) is 9.37. The first-order chi connectivity index (χ1) is 9.06. The lowest BCUT2D eigenvalue weighted by atomic mass is 10.1. The summed E-state index contributed by atoms with van der Waals surface area (Å²) in [5, 5.41) is 0. The van der Waals surface area contributed by atoms with Crippen molar-refractivity contribution in [1.82, 2.24) is 0 Å². The lowest BCUT2D eigenvalue weighted by molar-refractivity contribution is 0.309. The van der Waals surface area contributed by atoms with E-state index < -0.39 is 10.1 Å². The van der Waals surface area contributed by atoms with Crippen molar-refractivity contribution in [2.45, 2.75) is 71.1 Å². The Hall–Kier alpha value is -0.350. The van der Waals surface area contributed by atoms with Crippen LogP contribution in [0.15, 0.2) is 12.2 Å². The molecule has 0 aliphatic rings. The third kappa shape index (κ3) is 17.6. The molecule has 3 nitrogen and oxygen atoms in total. The Bertz CT molecular complexity index is 307. The van der Waals surface area contributed by atoms with E-state index in [0.29, 0.717) is 6.61 Å². The van der Waals surface area contributed by atoms with Gasteiger partial charge in [-0.25, -0.2) is 0 Å². The van der Waals surface area contributed by atoms with Crippen molar-refractivity contribution in [2.75, 3.05) is 12.9 Å². The van der Waals surface area contributed by atoms with E-state index in [2.05, 4.69) is 23.3 Å². The summed E-state index contributed by atoms with van der Waals surface area (Å²) < 4.78 is 26.1. The molecule has 0 heterocycles. The first-order valence-electron chi connectivity index (χ1n) is 7.55. The van der Waals surface area contributed by atoms with Gasteiger partial charge in [-0.15, -0.1) is 0 Å². The summed E-state index contributed by atoms with van der Waals surface area (Å²) in [5.74, 6) is 0. The molecule has 0 aliphatic carbocycles. The van der Waals surface area contributed by atoms with Gasteiger partial charge < -0.3 is 0 Å². The maximum atomic E-state index is 10.7. The average molecular weight is 290 g/mol. The molecule has 4 heteroatoms. The zero-order valence-electron chi connectivity index (χ0n) is 12.6. The Morgan fingerprint density at radius 3 is 1.89 bits per heavy atom. The molecule has 0 saturated carbocycles. The minimum absolute atomic E-state index is 0.336. The monoisotopic (exact) mass is 290 g/mol. The van der Waals surface area contributed by atoms with Gasteiger partial charge in [0, 0.05) is 0 Å². The van der Waals surface area contributed by atoms with Crippen LogP contribution in [-0.4, -0.2) is 21.3 Å². The number of allylic oxidation sites excluding steroid dienone is 2. The van der Waals surface area contributed by atoms with Crippen LogP contribution in [0.4, 0.5) is 0 Å². The van der Waals surface area contributed by atoms with Crippen LogP contribution in [0.1, 0.15) is 71.1 Å². The van der Waals surface area contributed by atoms with E-state index in [0.717, 1.165) is 25.5 Å². The summed E-state index contributed by atoms with van der Waals surface area (Å²) in [7, 11) is -3.24. The molecule has 0 radical (unpaired) electrons. The standard InChI is InChI=1S/C15H30O3S/c1-3-4-5-6-7-8-9-10-11-12-13-14-15-18-19(2,16)17/h4-5H,3,6-15H2,1-2H3/b5-4-. The molecule has 0 saturated heterocycles. The van der Waals surface area contributed by atoms with Crippen LogP contribution in [0.3, 0.4) is 0 Å². The topological polar surface area (TPSA) is 43.4 Å². The minimum Gasteiger partial charge on any atom is -0.270 e. The maximum Gasteiger partial charge on any atom is 0.264 e. The molecular formula is C15H30O3S. The molecule has 0 aromatic rings. The van der Waals surface area contributed by atoms with E-state index in [4.69, 9.17) is 0 Å². The fourth-order valence-electron chi connectivity index (χ4n) is 1.92. The van der Waals surface area contributed by atoms with Crippen LogP contribution in [-0.2, 0) is 14.3 Å². The van der Waals surface area contributed by atoms with Crippen molar-refractivity contribution < 1.29 is 12.6 Å². The summed E-state index contributed by atoms with van der Waals surface area (Å²) in [6.45, 7) is 2.50. The third-order valence-corrected chi connectivity index (χ3v) is 3.56. The average Bonchev–Trinajstić information content (AvgIpc) is 2.34. The van der Waals surface area contributed by atoms with Crippen LogP contribution >= 0.6 is 0 Å². The van der Waals surface area contributed by atoms with E-state index in [1.54, 1.807) is 0 Å². The Morgan fingerprint density at radius 2 is 1.37 bits per heavy atom. The molecule has 19 heavy (non-hydrogen) atoms. The lowest BCUT2D eigenvalue weighted by Crippen LogP contribution is -2.03. The van der Waals surface area contributed by atoms with E-state index in [9.17, 15) is 8.42 Å². The van der Waals surface area contributed by atoms with E-state index in [-0.39, 0.29) is 0 Å². The Balaban J connectivity index is 3.09. The fourth-order valence-corrected chi connectivity index (χ4v) is 2.34. The van der Waals surface area contributed by atoms with Crippen molar-refractivity contribution in [2.24, 2.45) is 0 Å². The number of hydrogen-bond donors (Lipinski definition) is 0. The van der Waals surface area contributed by atoms with Gasteiger partial charge in [0.2, 0.25) is 0 Å². The molecule has 0 fully saturated rings. The van der Waals surface area contributed by atoms with Gasteiger partial charge in [-0.05, 0) is 25.7 Å². The van der Waals surface area contributed by atoms with Crippen molar-refractivity contribution in [3.05, 3.63) is 12.2 Å². The van der Waals surface area contributed by atoms with Gasteiger partial charge in [-0.2, -0.15) is 8.42 Å². The van der Waals surface area contributed by atoms with Crippen LogP contribution in [0.2, 0.25) is 0 Å². The molecule has 0 amide bonds. The summed E-state index contributed by atoms with van der Waals surface area (Å²) in [5.41, 5.74) is 0. The summed E-state index contributed by atoms with van der Waals surface area (Å²) >= 11 is 0. The SMILES string of the molecule is CC/C=C\CCCCCCCCCCOS(C)(=O)=O. The van der Waals surface area contributed by atoms with Gasteiger partial charge in [0.1, 0.15) is 0 Å². The van der Waals surface area contributed by atoms with E-state index in [1.807, 2.05) is 0 Å². The van der Waals surface area contributed by atoms with Crippen LogP contribution < -0.4 is 0 Å². The second-order valence-electron chi connectivity index (χ2n) is 5.02. The quantitative estimate of drug-likeness (QED) is 0.286. The largest absolute Gasteiger partial charge is 0.270 e. The zero-order valence-corrected chi connectivity index (χ0v) is 13.4. The molecule has 0 rings (SSSR count). The molecule has 0 aliphatic heterocycles. The molecule has 0 unspecified atom stereocenters. The maximum absolute atomic E-state index is 10.7. The number of rotatable bonds is 13. The van der Waals surface area contributed by atoms with Crippen molar-refractivity contribution in [3.63, 3.8) is 0 Å². The molecule has 0 aromatic heterocycles. The van der Waals surface area contributed by atoms with Gasteiger partial charge in [-0.1, -0.05) is 57.6 Å². The van der Waals surface area contributed by atoms with Crippen LogP contribution in [0.5, 0.6) is 0 Å². The molecule has 114 valence electrons. The summed E-state index contributed by atoms with van der Waals surface area (Å²) in [4.78, 5) is 0. The highest BCUT2D eigenvalue weighted by Gasteiger charge is 2.00. The normalized spacial score (nSPS) is 12.3. The van der Waals surface area contributed by atoms with Gasteiger partial charge >= 0.3 is 0 Å². The third-order valence-electron chi connectivity index (χ3n) is 2.96. The smallest absolute Gasteiger partial charge is 0.264 e. The Labute approximate surface area is 119 Å². The lowest BCUT2D eigenvalue weighted by Gasteiger charge is -2.02. The molecule has 0 aromatic carbocycles. The molecule has 0 bridgehead atoms. The fraction of sp³-hybridized carbons (Fsp3) is 0.867. The molecule has 0 N–H and O–H groups in total. The highest BCUT2D eigenvalue weighted by atomic mass is 32.2. The Morgan fingerprint density at radius 1 is 0.842 bits per heavy atom. The minimum atomic E-state index is -3.24. The Kier molecular flexibility index (Phi) is 12.4. The van der Waals surface area contributed by atoms with Crippen molar-refractivity contribution in [1.29, 1.82) is 0 Å². The van der Waals surface area contributed by atoms with Crippen LogP contribution in [0.25, 0.3) is 0 Å². The van der Waals surface area contributed by atoms with E-state index in [1.165, 1.54) is 44.9 Å².